The lowest BCUT2D eigenvalue weighted by Gasteiger charge is -2.06. The summed E-state index contributed by atoms with van der Waals surface area (Å²) in [6, 6.07) is 3.88. The molecule has 1 rings (SSSR count). The molecule has 0 fully saturated rings. The van der Waals surface area contributed by atoms with Gasteiger partial charge in [-0.25, -0.2) is 0 Å². The second kappa shape index (κ2) is 7.49. The van der Waals surface area contributed by atoms with E-state index in [4.69, 9.17) is 9.15 Å². The molecule has 0 atom stereocenters. The zero-order chi connectivity index (χ0) is 10.9. The number of rotatable bonds is 8. The smallest absolute Gasteiger partial charge is 0.117 e. The molecule has 1 aromatic rings. The van der Waals surface area contributed by atoms with E-state index in [1.807, 2.05) is 12.1 Å². The highest BCUT2D eigenvalue weighted by atomic mass is 16.5. The van der Waals surface area contributed by atoms with Crippen LogP contribution in [0.1, 0.15) is 26.0 Å². The van der Waals surface area contributed by atoms with Crippen molar-refractivity contribution in [3.63, 3.8) is 0 Å². The third kappa shape index (κ3) is 6.31. The van der Waals surface area contributed by atoms with Gasteiger partial charge < -0.3 is 14.5 Å². The van der Waals surface area contributed by atoms with Crippen molar-refractivity contribution >= 4 is 0 Å². The molecule has 3 heteroatoms. The largest absolute Gasteiger partial charge is 0.468 e. The number of ether oxygens (including phenoxy) is 1. The van der Waals surface area contributed by atoms with Gasteiger partial charge in [0.2, 0.25) is 0 Å². The summed E-state index contributed by atoms with van der Waals surface area (Å²) < 4.78 is 10.7. The molecule has 0 bridgehead atoms. The van der Waals surface area contributed by atoms with Crippen molar-refractivity contribution < 1.29 is 9.15 Å². The second-order valence-corrected chi connectivity index (χ2v) is 4.08. The van der Waals surface area contributed by atoms with Crippen LogP contribution in [0.2, 0.25) is 0 Å². The van der Waals surface area contributed by atoms with Crippen LogP contribution in [-0.4, -0.2) is 19.8 Å². The number of hydrogen-bond donors (Lipinski definition) is 1. The first kappa shape index (κ1) is 12.3. The summed E-state index contributed by atoms with van der Waals surface area (Å²) in [4.78, 5) is 0. The monoisotopic (exact) mass is 211 g/mol. The van der Waals surface area contributed by atoms with Gasteiger partial charge in [-0.15, -0.1) is 0 Å². The maximum atomic E-state index is 5.47. The van der Waals surface area contributed by atoms with E-state index in [0.717, 1.165) is 38.5 Å². The Bertz CT molecular complexity index is 232. The fraction of sp³-hybridized carbons (Fsp3) is 0.667. The molecule has 0 amide bonds. The van der Waals surface area contributed by atoms with Crippen molar-refractivity contribution in [3.8, 4) is 0 Å². The van der Waals surface area contributed by atoms with Crippen LogP contribution in [-0.2, 0) is 11.3 Å². The molecule has 0 saturated carbocycles. The van der Waals surface area contributed by atoms with Crippen molar-refractivity contribution in [1.29, 1.82) is 0 Å². The van der Waals surface area contributed by atoms with Gasteiger partial charge in [0, 0.05) is 13.2 Å². The number of hydrogen-bond acceptors (Lipinski definition) is 3. The second-order valence-electron chi connectivity index (χ2n) is 4.08. The fourth-order valence-corrected chi connectivity index (χ4v) is 1.24. The highest BCUT2D eigenvalue weighted by molar-refractivity contribution is 4.97. The summed E-state index contributed by atoms with van der Waals surface area (Å²) in [6.07, 6.45) is 2.75. The Balaban J connectivity index is 1.85. The Morgan fingerprint density at radius 3 is 3.00 bits per heavy atom. The minimum atomic E-state index is 0.626. The molecular weight excluding hydrogens is 190 g/mol. The first-order valence-electron chi connectivity index (χ1n) is 5.60. The molecule has 3 nitrogen and oxygen atoms in total. The minimum Gasteiger partial charge on any atom is -0.468 e. The highest BCUT2D eigenvalue weighted by Crippen LogP contribution is 1.98. The Morgan fingerprint density at radius 1 is 1.47 bits per heavy atom. The summed E-state index contributed by atoms with van der Waals surface area (Å²) in [7, 11) is 0. The van der Waals surface area contributed by atoms with Crippen LogP contribution in [0.4, 0.5) is 0 Å². The van der Waals surface area contributed by atoms with Gasteiger partial charge in [-0.05, 0) is 31.0 Å². The zero-order valence-corrected chi connectivity index (χ0v) is 9.66. The standard InChI is InChI=1S/C12H21NO2/c1-11(2)10-14-7-4-6-13-9-12-5-3-8-15-12/h3,5,8,11,13H,4,6-7,9-10H2,1-2H3. The third-order valence-electron chi connectivity index (χ3n) is 1.97. The van der Waals surface area contributed by atoms with E-state index >= 15 is 0 Å². The lowest BCUT2D eigenvalue weighted by Crippen LogP contribution is -2.16. The van der Waals surface area contributed by atoms with E-state index in [2.05, 4.69) is 19.2 Å². The molecule has 0 aliphatic carbocycles. The van der Waals surface area contributed by atoms with E-state index in [1.165, 1.54) is 0 Å². The first-order valence-corrected chi connectivity index (χ1v) is 5.60. The van der Waals surface area contributed by atoms with Gasteiger partial charge in [0.05, 0.1) is 12.8 Å². The normalized spacial score (nSPS) is 11.1. The molecule has 0 aliphatic rings. The molecule has 0 radical (unpaired) electrons. The van der Waals surface area contributed by atoms with Gasteiger partial charge in [0.15, 0.2) is 0 Å². The van der Waals surface area contributed by atoms with E-state index in [9.17, 15) is 0 Å². The van der Waals surface area contributed by atoms with E-state index in [1.54, 1.807) is 6.26 Å². The summed E-state index contributed by atoms with van der Waals surface area (Å²) in [5, 5.41) is 3.30. The lowest BCUT2D eigenvalue weighted by molar-refractivity contribution is 0.108. The molecule has 1 aromatic heterocycles. The molecule has 0 aliphatic heterocycles. The predicted molar refractivity (Wildman–Crippen MR) is 60.7 cm³/mol. The third-order valence-corrected chi connectivity index (χ3v) is 1.97. The number of furan rings is 1. The van der Waals surface area contributed by atoms with Crippen LogP contribution in [0.15, 0.2) is 22.8 Å². The van der Waals surface area contributed by atoms with Crippen molar-refractivity contribution in [2.75, 3.05) is 19.8 Å². The van der Waals surface area contributed by atoms with Crippen LogP contribution in [0.25, 0.3) is 0 Å². The first-order chi connectivity index (χ1) is 7.29. The minimum absolute atomic E-state index is 0.626. The molecule has 0 unspecified atom stereocenters. The van der Waals surface area contributed by atoms with Crippen molar-refractivity contribution in [2.24, 2.45) is 5.92 Å². The summed E-state index contributed by atoms with van der Waals surface area (Å²) in [5.74, 6) is 1.61. The summed E-state index contributed by atoms with van der Waals surface area (Å²) >= 11 is 0. The quantitative estimate of drug-likeness (QED) is 0.671. The van der Waals surface area contributed by atoms with Crippen molar-refractivity contribution in [3.05, 3.63) is 24.2 Å². The van der Waals surface area contributed by atoms with Crippen LogP contribution in [0, 0.1) is 5.92 Å². The van der Waals surface area contributed by atoms with E-state index < -0.39 is 0 Å². The maximum absolute atomic E-state index is 5.47. The van der Waals surface area contributed by atoms with Gasteiger partial charge in [0.1, 0.15) is 5.76 Å². The zero-order valence-electron chi connectivity index (χ0n) is 9.66. The fourth-order valence-electron chi connectivity index (χ4n) is 1.24. The maximum Gasteiger partial charge on any atom is 0.117 e. The predicted octanol–water partition coefficient (Wildman–Crippen LogP) is 2.43. The van der Waals surface area contributed by atoms with Gasteiger partial charge in [-0.3, -0.25) is 0 Å². The molecule has 15 heavy (non-hydrogen) atoms. The lowest BCUT2D eigenvalue weighted by atomic mass is 10.2. The highest BCUT2D eigenvalue weighted by Gasteiger charge is 1.95. The molecule has 0 spiro atoms. The summed E-state index contributed by atoms with van der Waals surface area (Å²) in [5.41, 5.74) is 0. The van der Waals surface area contributed by atoms with Crippen LogP contribution < -0.4 is 5.32 Å². The topological polar surface area (TPSA) is 34.4 Å². The van der Waals surface area contributed by atoms with Gasteiger partial charge in [-0.2, -0.15) is 0 Å². The molecule has 0 aromatic carbocycles. The molecule has 1 N–H and O–H groups in total. The van der Waals surface area contributed by atoms with Gasteiger partial charge >= 0.3 is 0 Å². The van der Waals surface area contributed by atoms with Gasteiger partial charge in [-0.1, -0.05) is 13.8 Å². The Hall–Kier alpha value is -0.800. The SMILES string of the molecule is CC(C)COCCCNCc1ccco1. The van der Waals surface area contributed by atoms with Crippen molar-refractivity contribution in [2.45, 2.75) is 26.8 Å². The van der Waals surface area contributed by atoms with E-state index in [0.29, 0.717) is 5.92 Å². The number of nitrogens with one attached hydrogen (secondary N) is 1. The van der Waals surface area contributed by atoms with Crippen LogP contribution >= 0.6 is 0 Å². The van der Waals surface area contributed by atoms with Crippen molar-refractivity contribution in [1.82, 2.24) is 5.32 Å². The van der Waals surface area contributed by atoms with Gasteiger partial charge in [0.25, 0.3) is 0 Å². The molecule has 0 saturated heterocycles. The molecule has 86 valence electrons. The average Bonchev–Trinajstić information content (AvgIpc) is 2.68. The van der Waals surface area contributed by atoms with E-state index in [-0.39, 0.29) is 0 Å². The Kier molecular flexibility index (Phi) is 6.12. The molecule has 1 heterocycles. The Morgan fingerprint density at radius 2 is 2.33 bits per heavy atom. The molecular formula is C12H21NO2. The average molecular weight is 211 g/mol. The van der Waals surface area contributed by atoms with Crippen LogP contribution in [0.3, 0.4) is 0 Å². The van der Waals surface area contributed by atoms with Crippen LogP contribution in [0.5, 0.6) is 0 Å². The Labute approximate surface area is 91.8 Å². The summed E-state index contributed by atoms with van der Waals surface area (Å²) in [6.45, 7) is 7.79.